The van der Waals surface area contributed by atoms with Crippen LogP contribution in [0.2, 0.25) is 0 Å². The summed E-state index contributed by atoms with van der Waals surface area (Å²) in [6.07, 6.45) is 3.33. The first-order chi connectivity index (χ1) is 12.0. The first-order valence-corrected chi connectivity index (χ1v) is 9.73. The van der Waals surface area contributed by atoms with Crippen molar-refractivity contribution < 1.29 is 4.52 Å². The fourth-order valence-corrected chi connectivity index (χ4v) is 2.68. The standard InChI is InChI=1S/C19H37N5O/c1-7-15(5)24(6)12-11-21-19(20-10-4)22-14-17-13-18(23-25-17)16(8-2)9-3/h13,15-16H,7-12,14H2,1-6H3,(H2,20,21,22). The summed E-state index contributed by atoms with van der Waals surface area (Å²) < 4.78 is 5.45. The second-order valence-corrected chi connectivity index (χ2v) is 6.59. The Bertz CT molecular complexity index is 496. The lowest BCUT2D eigenvalue weighted by Gasteiger charge is -2.23. The van der Waals surface area contributed by atoms with Crippen LogP contribution in [0.3, 0.4) is 0 Å². The molecule has 0 aliphatic carbocycles. The van der Waals surface area contributed by atoms with E-state index in [1.54, 1.807) is 0 Å². The molecule has 1 heterocycles. The number of hydrogen-bond acceptors (Lipinski definition) is 4. The molecule has 1 aromatic heterocycles. The molecule has 6 heteroatoms. The van der Waals surface area contributed by atoms with E-state index in [4.69, 9.17) is 4.52 Å². The number of likely N-dealkylation sites (N-methyl/N-ethyl adjacent to an activating group) is 1. The maximum atomic E-state index is 5.45. The normalized spacial score (nSPS) is 13.5. The van der Waals surface area contributed by atoms with Gasteiger partial charge in [0.05, 0.1) is 5.69 Å². The summed E-state index contributed by atoms with van der Waals surface area (Å²) in [6, 6.07) is 2.64. The van der Waals surface area contributed by atoms with Gasteiger partial charge in [-0.15, -0.1) is 0 Å². The molecule has 0 fully saturated rings. The largest absolute Gasteiger partial charge is 0.359 e. The van der Waals surface area contributed by atoms with Gasteiger partial charge in [-0.25, -0.2) is 4.99 Å². The van der Waals surface area contributed by atoms with Gasteiger partial charge in [-0.05, 0) is 40.2 Å². The number of hydrogen-bond donors (Lipinski definition) is 2. The molecular formula is C19H37N5O. The lowest BCUT2D eigenvalue weighted by Crippen LogP contribution is -2.42. The van der Waals surface area contributed by atoms with Gasteiger partial charge >= 0.3 is 0 Å². The van der Waals surface area contributed by atoms with Crippen LogP contribution < -0.4 is 10.6 Å². The van der Waals surface area contributed by atoms with E-state index in [0.29, 0.717) is 18.5 Å². The highest BCUT2D eigenvalue weighted by Gasteiger charge is 2.13. The van der Waals surface area contributed by atoms with E-state index < -0.39 is 0 Å². The van der Waals surface area contributed by atoms with E-state index in [9.17, 15) is 0 Å². The highest BCUT2D eigenvalue weighted by Crippen LogP contribution is 2.22. The number of rotatable bonds is 11. The summed E-state index contributed by atoms with van der Waals surface area (Å²) in [6.45, 7) is 14.1. The average Bonchev–Trinajstić information content (AvgIpc) is 3.08. The third kappa shape index (κ3) is 7.46. The number of aliphatic imine (C=N–C) groups is 1. The van der Waals surface area contributed by atoms with Crippen molar-refractivity contribution in [2.45, 2.75) is 72.4 Å². The Morgan fingerprint density at radius 1 is 1.20 bits per heavy atom. The molecule has 1 atom stereocenters. The molecule has 6 nitrogen and oxygen atoms in total. The number of aromatic nitrogens is 1. The first kappa shape index (κ1) is 21.5. The van der Waals surface area contributed by atoms with Gasteiger partial charge in [0.2, 0.25) is 0 Å². The van der Waals surface area contributed by atoms with Gasteiger partial charge in [0.15, 0.2) is 11.7 Å². The molecule has 0 saturated heterocycles. The molecule has 0 radical (unpaired) electrons. The molecule has 25 heavy (non-hydrogen) atoms. The second-order valence-electron chi connectivity index (χ2n) is 6.59. The zero-order chi connectivity index (χ0) is 18.7. The van der Waals surface area contributed by atoms with Gasteiger partial charge in [-0.3, -0.25) is 0 Å². The Morgan fingerprint density at radius 3 is 2.52 bits per heavy atom. The Balaban J connectivity index is 2.55. The molecule has 144 valence electrons. The monoisotopic (exact) mass is 351 g/mol. The van der Waals surface area contributed by atoms with Crippen molar-refractivity contribution in [3.8, 4) is 0 Å². The van der Waals surface area contributed by atoms with Crippen molar-refractivity contribution in [3.63, 3.8) is 0 Å². The zero-order valence-electron chi connectivity index (χ0n) is 16.9. The van der Waals surface area contributed by atoms with Gasteiger partial charge in [0.1, 0.15) is 6.54 Å². The van der Waals surface area contributed by atoms with E-state index >= 15 is 0 Å². The molecule has 0 bridgehead atoms. The predicted octanol–water partition coefficient (Wildman–Crippen LogP) is 3.36. The van der Waals surface area contributed by atoms with Gasteiger partial charge < -0.3 is 20.1 Å². The third-order valence-corrected chi connectivity index (χ3v) is 4.82. The van der Waals surface area contributed by atoms with Crippen molar-refractivity contribution in [1.82, 2.24) is 20.7 Å². The molecule has 1 rings (SSSR count). The van der Waals surface area contributed by atoms with E-state index in [2.05, 4.69) is 67.3 Å². The molecule has 0 aliphatic heterocycles. The molecule has 0 spiro atoms. The molecule has 1 aromatic rings. The van der Waals surface area contributed by atoms with Crippen molar-refractivity contribution in [1.29, 1.82) is 0 Å². The summed E-state index contributed by atoms with van der Waals surface area (Å²) in [7, 11) is 2.16. The van der Waals surface area contributed by atoms with Crippen LogP contribution in [0.5, 0.6) is 0 Å². The minimum atomic E-state index is 0.476. The number of nitrogens with zero attached hydrogens (tertiary/aromatic N) is 3. The van der Waals surface area contributed by atoms with Crippen molar-refractivity contribution in [2.75, 3.05) is 26.7 Å². The van der Waals surface area contributed by atoms with Crippen molar-refractivity contribution in [3.05, 3.63) is 17.5 Å². The quantitative estimate of drug-likeness (QED) is 0.473. The van der Waals surface area contributed by atoms with Crippen LogP contribution in [0.4, 0.5) is 0 Å². The van der Waals surface area contributed by atoms with Crippen LogP contribution in [0.15, 0.2) is 15.6 Å². The lowest BCUT2D eigenvalue weighted by atomic mass is 9.99. The molecule has 0 saturated carbocycles. The second kappa shape index (κ2) is 11.9. The zero-order valence-corrected chi connectivity index (χ0v) is 16.9. The van der Waals surface area contributed by atoms with Gasteiger partial charge in [-0.1, -0.05) is 25.9 Å². The Labute approximate surface area is 153 Å². The Hall–Kier alpha value is -1.56. The fourth-order valence-electron chi connectivity index (χ4n) is 2.68. The molecule has 0 aliphatic rings. The average molecular weight is 352 g/mol. The van der Waals surface area contributed by atoms with Crippen LogP contribution >= 0.6 is 0 Å². The minimum absolute atomic E-state index is 0.476. The number of guanidine groups is 1. The fraction of sp³-hybridized carbons (Fsp3) is 0.789. The molecule has 1 unspecified atom stereocenters. The topological polar surface area (TPSA) is 65.7 Å². The van der Waals surface area contributed by atoms with Crippen LogP contribution in [-0.2, 0) is 6.54 Å². The summed E-state index contributed by atoms with van der Waals surface area (Å²) in [5.41, 5.74) is 1.04. The van der Waals surface area contributed by atoms with Gasteiger partial charge in [-0.2, -0.15) is 0 Å². The highest BCUT2D eigenvalue weighted by molar-refractivity contribution is 5.79. The van der Waals surface area contributed by atoms with E-state index in [-0.39, 0.29) is 0 Å². The van der Waals surface area contributed by atoms with Gasteiger partial charge in [0.25, 0.3) is 0 Å². The highest BCUT2D eigenvalue weighted by atomic mass is 16.5. The SMILES string of the molecule is CCNC(=NCc1cc(C(CC)CC)no1)NCCN(C)C(C)CC. The maximum absolute atomic E-state index is 5.45. The smallest absolute Gasteiger partial charge is 0.191 e. The summed E-state index contributed by atoms with van der Waals surface area (Å²) >= 11 is 0. The van der Waals surface area contributed by atoms with Crippen LogP contribution in [-0.4, -0.2) is 48.7 Å². The van der Waals surface area contributed by atoms with Gasteiger partial charge in [0, 0.05) is 37.7 Å². The van der Waals surface area contributed by atoms with Crippen molar-refractivity contribution >= 4 is 5.96 Å². The molecule has 0 amide bonds. The van der Waals surface area contributed by atoms with Crippen LogP contribution in [0.1, 0.15) is 71.3 Å². The molecule has 2 N–H and O–H groups in total. The Morgan fingerprint density at radius 2 is 1.92 bits per heavy atom. The Kier molecular flexibility index (Phi) is 10.2. The minimum Gasteiger partial charge on any atom is -0.359 e. The molecular weight excluding hydrogens is 314 g/mol. The summed E-state index contributed by atoms with van der Waals surface area (Å²) in [5.74, 6) is 2.11. The molecule has 0 aromatic carbocycles. The van der Waals surface area contributed by atoms with Crippen LogP contribution in [0.25, 0.3) is 0 Å². The first-order valence-electron chi connectivity index (χ1n) is 9.73. The van der Waals surface area contributed by atoms with E-state index in [1.807, 2.05) is 6.07 Å². The summed E-state index contributed by atoms with van der Waals surface area (Å²) in [5, 5.41) is 10.9. The lowest BCUT2D eigenvalue weighted by molar-refractivity contribution is 0.255. The van der Waals surface area contributed by atoms with E-state index in [0.717, 1.165) is 56.3 Å². The van der Waals surface area contributed by atoms with E-state index in [1.165, 1.54) is 0 Å². The van der Waals surface area contributed by atoms with Crippen molar-refractivity contribution in [2.24, 2.45) is 4.99 Å². The number of nitrogens with one attached hydrogen (secondary N) is 2. The third-order valence-electron chi connectivity index (χ3n) is 4.82. The maximum Gasteiger partial charge on any atom is 0.191 e. The predicted molar refractivity (Wildman–Crippen MR) is 105 cm³/mol. The summed E-state index contributed by atoms with van der Waals surface area (Å²) in [4.78, 5) is 6.97. The van der Waals surface area contributed by atoms with Crippen LogP contribution in [0, 0.1) is 0 Å².